The van der Waals surface area contributed by atoms with Crippen molar-refractivity contribution in [1.29, 1.82) is 0 Å². The van der Waals surface area contributed by atoms with Crippen molar-refractivity contribution < 1.29 is 19.0 Å². The van der Waals surface area contributed by atoms with E-state index in [-0.39, 0.29) is 11.4 Å². The van der Waals surface area contributed by atoms with Crippen molar-refractivity contribution in [3.05, 3.63) is 35.4 Å². The molecule has 0 aliphatic carbocycles. The molecule has 0 bridgehead atoms. The van der Waals surface area contributed by atoms with Crippen molar-refractivity contribution in [2.75, 3.05) is 7.11 Å². The average Bonchev–Trinajstić information content (AvgIpc) is 2.84. The third-order valence-corrected chi connectivity index (χ3v) is 2.96. The lowest BCUT2D eigenvalue weighted by molar-refractivity contribution is 0.0687. The van der Waals surface area contributed by atoms with Gasteiger partial charge < -0.3 is 9.84 Å². The first-order chi connectivity index (χ1) is 9.75. The number of hydrogen-bond donors (Lipinski definition) is 1. The SMILES string of the molecule is COc1ccc(F)c(-n2nnc(C(=O)O)c2C(C)(C)C)c1. The van der Waals surface area contributed by atoms with E-state index in [0.717, 1.165) is 0 Å². The predicted molar refractivity (Wildman–Crippen MR) is 73.5 cm³/mol. The number of carbonyl (C=O) groups is 1. The van der Waals surface area contributed by atoms with Crippen LogP contribution in [-0.2, 0) is 5.41 Å². The number of aromatic carboxylic acids is 1. The molecule has 0 aliphatic heterocycles. The number of methoxy groups -OCH3 is 1. The molecule has 1 aromatic carbocycles. The average molecular weight is 293 g/mol. The zero-order valence-electron chi connectivity index (χ0n) is 12.2. The highest BCUT2D eigenvalue weighted by molar-refractivity contribution is 5.87. The molecule has 0 radical (unpaired) electrons. The van der Waals surface area contributed by atoms with Gasteiger partial charge in [0.25, 0.3) is 0 Å². The first-order valence-electron chi connectivity index (χ1n) is 6.29. The van der Waals surface area contributed by atoms with E-state index in [0.29, 0.717) is 11.4 Å². The molecular formula is C14H16FN3O3. The van der Waals surface area contributed by atoms with Crippen molar-refractivity contribution in [2.45, 2.75) is 26.2 Å². The van der Waals surface area contributed by atoms with Gasteiger partial charge in [0, 0.05) is 11.5 Å². The number of hydrogen-bond acceptors (Lipinski definition) is 4. The maximum Gasteiger partial charge on any atom is 0.358 e. The largest absolute Gasteiger partial charge is 0.497 e. The van der Waals surface area contributed by atoms with Crippen molar-refractivity contribution >= 4 is 5.97 Å². The Labute approximate surface area is 121 Å². The van der Waals surface area contributed by atoms with E-state index < -0.39 is 17.2 Å². The van der Waals surface area contributed by atoms with Crippen LogP contribution in [0.4, 0.5) is 4.39 Å². The van der Waals surface area contributed by atoms with Gasteiger partial charge in [-0.15, -0.1) is 5.10 Å². The van der Waals surface area contributed by atoms with E-state index in [1.807, 2.05) is 20.8 Å². The minimum absolute atomic E-state index is 0.0966. The van der Waals surface area contributed by atoms with Crippen LogP contribution in [0.5, 0.6) is 5.75 Å². The van der Waals surface area contributed by atoms with Crippen molar-refractivity contribution in [3.63, 3.8) is 0 Å². The molecule has 21 heavy (non-hydrogen) atoms. The van der Waals surface area contributed by atoms with Gasteiger partial charge in [0.05, 0.1) is 12.8 Å². The maximum atomic E-state index is 14.1. The number of nitrogens with zero attached hydrogens (tertiary/aromatic N) is 3. The summed E-state index contributed by atoms with van der Waals surface area (Å²) in [6.07, 6.45) is 0. The van der Waals surface area contributed by atoms with Crippen LogP contribution < -0.4 is 4.74 Å². The second kappa shape index (κ2) is 5.16. The molecule has 1 heterocycles. The van der Waals surface area contributed by atoms with Crippen molar-refractivity contribution in [1.82, 2.24) is 15.0 Å². The summed E-state index contributed by atoms with van der Waals surface area (Å²) >= 11 is 0. The predicted octanol–water partition coefficient (Wildman–Crippen LogP) is 2.41. The maximum absolute atomic E-state index is 14.1. The standard InChI is InChI=1S/C14H16FN3O3/c1-14(2,3)12-11(13(19)20)16-17-18(12)10-7-8(21-4)5-6-9(10)15/h5-7H,1-4H3,(H,19,20). The molecule has 0 unspecified atom stereocenters. The summed E-state index contributed by atoms with van der Waals surface area (Å²) < 4.78 is 20.4. The highest BCUT2D eigenvalue weighted by Gasteiger charge is 2.30. The number of carboxylic acid groups (broad SMARTS) is 1. The normalized spacial score (nSPS) is 11.5. The molecule has 0 saturated heterocycles. The quantitative estimate of drug-likeness (QED) is 0.940. The topological polar surface area (TPSA) is 77.2 Å². The van der Waals surface area contributed by atoms with Crippen LogP contribution >= 0.6 is 0 Å². The fourth-order valence-corrected chi connectivity index (χ4v) is 2.05. The minimum atomic E-state index is -1.20. The number of ether oxygens (including phenoxy) is 1. The molecule has 0 saturated carbocycles. The van der Waals surface area contributed by atoms with Crippen molar-refractivity contribution in [2.24, 2.45) is 0 Å². The fourth-order valence-electron chi connectivity index (χ4n) is 2.05. The van der Waals surface area contributed by atoms with Crippen LogP contribution in [0.2, 0.25) is 0 Å². The van der Waals surface area contributed by atoms with E-state index >= 15 is 0 Å². The summed E-state index contributed by atoms with van der Waals surface area (Å²) in [4.78, 5) is 11.3. The lowest BCUT2D eigenvalue weighted by Gasteiger charge is -2.20. The summed E-state index contributed by atoms with van der Waals surface area (Å²) in [5.41, 5.74) is -0.349. The lowest BCUT2D eigenvalue weighted by Crippen LogP contribution is -2.21. The van der Waals surface area contributed by atoms with Crippen LogP contribution in [0.3, 0.4) is 0 Å². The molecule has 7 heteroatoms. The van der Waals surface area contributed by atoms with Crippen LogP contribution in [-0.4, -0.2) is 33.2 Å². The van der Waals surface area contributed by atoms with Gasteiger partial charge in [-0.2, -0.15) is 0 Å². The van der Waals surface area contributed by atoms with E-state index in [4.69, 9.17) is 4.74 Å². The summed E-state index contributed by atoms with van der Waals surface area (Å²) in [5, 5.41) is 16.7. The molecule has 0 spiro atoms. The second-order valence-corrected chi connectivity index (χ2v) is 5.57. The number of carboxylic acids is 1. The van der Waals surface area contributed by atoms with Gasteiger partial charge in [0.2, 0.25) is 0 Å². The van der Waals surface area contributed by atoms with Gasteiger partial charge in [-0.05, 0) is 12.1 Å². The van der Waals surface area contributed by atoms with Crippen molar-refractivity contribution in [3.8, 4) is 11.4 Å². The Hall–Kier alpha value is -2.44. The molecule has 0 aliphatic rings. The zero-order valence-corrected chi connectivity index (χ0v) is 12.2. The number of benzene rings is 1. The Kier molecular flexibility index (Phi) is 3.67. The van der Waals surface area contributed by atoms with Crippen LogP contribution in [0.25, 0.3) is 5.69 Å². The molecule has 112 valence electrons. The van der Waals surface area contributed by atoms with Gasteiger partial charge >= 0.3 is 5.97 Å². The van der Waals surface area contributed by atoms with Gasteiger partial charge in [-0.1, -0.05) is 26.0 Å². The zero-order chi connectivity index (χ0) is 15.8. The Balaban J connectivity index is 2.73. The van der Waals surface area contributed by atoms with Gasteiger partial charge in [-0.3, -0.25) is 0 Å². The summed E-state index contributed by atoms with van der Waals surface area (Å²) in [5.74, 6) is -1.30. The first-order valence-corrected chi connectivity index (χ1v) is 6.29. The van der Waals surface area contributed by atoms with Crippen LogP contribution in [0.1, 0.15) is 37.0 Å². The summed E-state index contributed by atoms with van der Waals surface area (Å²) in [6.45, 7) is 5.44. The van der Waals surface area contributed by atoms with Gasteiger partial charge in [0.1, 0.15) is 17.3 Å². The third-order valence-electron chi connectivity index (χ3n) is 2.96. The van der Waals surface area contributed by atoms with E-state index in [1.165, 1.54) is 30.0 Å². The van der Waals surface area contributed by atoms with Crippen LogP contribution in [0, 0.1) is 5.82 Å². The molecule has 6 nitrogen and oxygen atoms in total. The Morgan fingerprint density at radius 2 is 2.05 bits per heavy atom. The molecule has 0 fully saturated rings. The molecule has 2 rings (SSSR count). The minimum Gasteiger partial charge on any atom is -0.497 e. The molecule has 2 aromatic rings. The molecule has 0 atom stereocenters. The van der Waals surface area contributed by atoms with Gasteiger partial charge in [-0.25, -0.2) is 13.9 Å². The highest BCUT2D eigenvalue weighted by atomic mass is 19.1. The van der Waals surface area contributed by atoms with E-state index in [9.17, 15) is 14.3 Å². The molecular weight excluding hydrogens is 277 g/mol. The van der Waals surface area contributed by atoms with E-state index in [2.05, 4.69) is 10.3 Å². The monoisotopic (exact) mass is 293 g/mol. The highest BCUT2D eigenvalue weighted by Crippen LogP contribution is 2.29. The smallest absolute Gasteiger partial charge is 0.358 e. The Morgan fingerprint density at radius 3 is 2.57 bits per heavy atom. The summed E-state index contributed by atoms with van der Waals surface area (Å²) in [6, 6.07) is 4.16. The van der Waals surface area contributed by atoms with E-state index in [1.54, 1.807) is 0 Å². The lowest BCUT2D eigenvalue weighted by atomic mass is 9.90. The van der Waals surface area contributed by atoms with Gasteiger partial charge in [0.15, 0.2) is 5.69 Å². The Morgan fingerprint density at radius 1 is 1.38 bits per heavy atom. The second-order valence-electron chi connectivity index (χ2n) is 5.57. The summed E-state index contributed by atoms with van der Waals surface area (Å²) in [7, 11) is 1.46. The third kappa shape index (κ3) is 2.72. The number of aromatic nitrogens is 3. The molecule has 1 aromatic heterocycles. The molecule has 1 N–H and O–H groups in total. The Bertz CT molecular complexity index is 689. The van der Waals surface area contributed by atoms with Crippen LogP contribution in [0.15, 0.2) is 18.2 Å². The molecule has 0 amide bonds. The fraction of sp³-hybridized carbons (Fsp3) is 0.357. The first kappa shape index (κ1) is 15.0. The number of rotatable bonds is 3. The number of halogens is 1.